The van der Waals surface area contributed by atoms with Crippen molar-refractivity contribution < 1.29 is 9.59 Å². The van der Waals surface area contributed by atoms with Gasteiger partial charge in [0.05, 0.1) is 6.54 Å². The number of amides is 3. The Labute approximate surface area is 135 Å². The van der Waals surface area contributed by atoms with Crippen LogP contribution in [0, 0.1) is 5.41 Å². The summed E-state index contributed by atoms with van der Waals surface area (Å²) in [5, 5.41) is 2.39. The number of urea groups is 1. The first-order valence-corrected chi connectivity index (χ1v) is 7.68. The molecule has 0 spiro atoms. The molecular formula is C15H21N3O3S. The molecule has 120 valence electrons. The molecule has 1 N–H and O–H groups in total. The van der Waals surface area contributed by atoms with Crippen molar-refractivity contribution >= 4 is 24.8 Å². The maximum absolute atomic E-state index is 12.3. The second-order valence-electron chi connectivity index (χ2n) is 6.02. The van der Waals surface area contributed by atoms with Gasteiger partial charge in [0, 0.05) is 24.2 Å². The molecule has 1 aliphatic heterocycles. The standard InChI is InChI=1S/C15H21N3O3S/c1-4-15(3)8-12(19)16-14(21)17(10(15)2)9-11-6-5-7-18(22)13(11)20/h5-7,10,22H,4,8-9H2,1-3H3,(H,16,19,21). The SMILES string of the molecule is CCC1(C)CC(=O)NC(=O)N(Cc2cccn(S)c2=O)C1C. The lowest BCUT2D eigenvalue weighted by atomic mass is 9.77. The van der Waals surface area contributed by atoms with Crippen LogP contribution in [-0.4, -0.2) is 26.9 Å². The summed E-state index contributed by atoms with van der Waals surface area (Å²) in [7, 11) is 0. The molecule has 3 amide bonds. The normalized spacial score (nSPS) is 25.8. The molecule has 1 fully saturated rings. The molecule has 0 aliphatic carbocycles. The number of carbonyl (C=O) groups excluding carboxylic acids is 2. The van der Waals surface area contributed by atoms with E-state index in [9.17, 15) is 14.4 Å². The Bertz CT molecular complexity index is 658. The van der Waals surface area contributed by atoms with Gasteiger partial charge in [-0.3, -0.25) is 18.9 Å². The first-order valence-electron chi connectivity index (χ1n) is 7.28. The average Bonchev–Trinajstić information content (AvgIpc) is 2.54. The van der Waals surface area contributed by atoms with Crippen LogP contribution in [0.3, 0.4) is 0 Å². The quantitative estimate of drug-likeness (QED) is 0.833. The third-order valence-electron chi connectivity index (χ3n) is 4.70. The van der Waals surface area contributed by atoms with E-state index in [0.29, 0.717) is 12.0 Å². The van der Waals surface area contributed by atoms with Crippen molar-refractivity contribution in [2.45, 2.75) is 46.2 Å². The van der Waals surface area contributed by atoms with Gasteiger partial charge < -0.3 is 4.90 Å². The fourth-order valence-corrected chi connectivity index (χ4v) is 2.97. The van der Waals surface area contributed by atoms with Crippen LogP contribution >= 0.6 is 12.8 Å². The number of hydrogen-bond donors (Lipinski definition) is 2. The Morgan fingerprint density at radius 2 is 2.09 bits per heavy atom. The van der Waals surface area contributed by atoms with E-state index in [-0.39, 0.29) is 29.5 Å². The molecule has 2 atom stereocenters. The van der Waals surface area contributed by atoms with Gasteiger partial charge in [0.1, 0.15) is 0 Å². The first-order chi connectivity index (χ1) is 10.3. The molecule has 1 aromatic heterocycles. The summed E-state index contributed by atoms with van der Waals surface area (Å²) in [5.74, 6) is -0.275. The number of thiol groups is 1. The Morgan fingerprint density at radius 1 is 1.41 bits per heavy atom. The zero-order valence-corrected chi connectivity index (χ0v) is 13.9. The van der Waals surface area contributed by atoms with E-state index in [4.69, 9.17) is 0 Å². The fraction of sp³-hybridized carbons (Fsp3) is 0.533. The number of hydrogen-bond acceptors (Lipinski definition) is 4. The summed E-state index contributed by atoms with van der Waals surface area (Å²) in [6.07, 6.45) is 2.59. The summed E-state index contributed by atoms with van der Waals surface area (Å²) in [6, 6.07) is 2.75. The third kappa shape index (κ3) is 3.04. The Balaban J connectivity index is 2.38. The van der Waals surface area contributed by atoms with Crippen LogP contribution in [0.25, 0.3) is 0 Å². The van der Waals surface area contributed by atoms with Crippen LogP contribution in [0.15, 0.2) is 23.1 Å². The Kier molecular flexibility index (Phi) is 4.65. The third-order valence-corrected chi connectivity index (χ3v) is 5.02. The van der Waals surface area contributed by atoms with Crippen molar-refractivity contribution in [3.63, 3.8) is 0 Å². The van der Waals surface area contributed by atoms with Gasteiger partial charge in [-0.05, 0) is 24.8 Å². The van der Waals surface area contributed by atoms with Gasteiger partial charge in [-0.1, -0.05) is 32.7 Å². The highest BCUT2D eigenvalue weighted by Gasteiger charge is 2.41. The molecule has 2 rings (SSSR count). The van der Waals surface area contributed by atoms with Crippen LogP contribution in [0.4, 0.5) is 4.79 Å². The van der Waals surface area contributed by atoms with Gasteiger partial charge in [0.25, 0.3) is 5.56 Å². The number of imide groups is 1. The van der Waals surface area contributed by atoms with E-state index < -0.39 is 6.03 Å². The molecule has 7 heteroatoms. The molecular weight excluding hydrogens is 302 g/mol. The number of rotatable bonds is 3. The highest BCUT2D eigenvalue weighted by Crippen LogP contribution is 2.35. The molecule has 0 bridgehead atoms. The number of nitrogens with zero attached hydrogens (tertiary/aromatic N) is 2. The summed E-state index contributed by atoms with van der Waals surface area (Å²) in [4.78, 5) is 37.9. The van der Waals surface area contributed by atoms with Gasteiger partial charge >= 0.3 is 6.03 Å². The van der Waals surface area contributed by atoms with E-state index in [1.54, 1.807) is 23.2 Å². The van der Waals surface area contributed by atoms with Gasteiger partial charge in [-0.2, -0.15) is 0 Å². The van der Waals surface area contributed by atoms with Gasteiger partial charge in [-0.15, -0.1) is 0 Å². The van der Waals surface area contributed by atoms with Gasteiger partial charge in [0.15, 0.2) is 0 Å². The maximum atomic E-state index is 12.3. The van der Waals surface area contributed by atoms with Crippen LogP contribution in [0.2, 0.25) is 0 Å². The van der Waals surface area contributed by atoms with Crippen LogP contribution < -0.4 is 10.9 Å². The zero-order valence-electron chi connectivity index (χ0n) is 13.0. The lowest BCUT2D eigenvalue weighted by Crippen LogP contribution is -2.48. The van der Waals surface area contributed by atoms with E-state index in [0.717, 1.165) is 6.42 Å². The second-order valence-corrected chi connectivity index (χ2v) is 6.46. The topological polar surface area (TPSA) is 71.4 Å². The lowest BCUT2D eigenvalue weighted by Gasteiger charge is -2.38. The highest BCUT2D eigenvalue weighted by molar-refractivity contribution is 7.78. The largest absolute Gasteiger partial charge is 0.324 e. The Morgan fingerprint density at radius 3 is 2.73 bits per heavy atom. The van der Waals surface area contributed by atoms with E-state index >= 15 is 0 Å². The molecule has 6 nitrogen and oxygen atoms in total. The van der Waals surface area contributed by atoms with Crippen molar-refractivity contribution in [1.29, 1.82) is 0 Å². The molecule has 2 unspecified atom stereocenters. The first kappa shape index (κ1) is 16.6. The second kappa shape index (κ2) is 6.16. The lowest BCUT2D eigenvalue weighted by molar-refractivity contribution is -0.121. The number of aromatic nitrogens is 1. The molecule has 1 aliphatic rings. The summed E-state index contributed by atoms with van der Waals surface area (Å²) in [6.45, 7) is 6.06. The summed E-state index contributed by atoms with van der Waals surface area (Å²) >= 11 is 4.05. The molecule has 0 aromatic carbocycles. The number of pyridine rings is 1. The summed E-state index contributed by atoms with van der Waals surface area (Å²) in [5.41, 5.74) is -0.128. The molecule has 1 aromatic rings. The minimum atomic E-state index is -0.455. The summed E-state index contributed by atoms with van der Waals surface area (Å²) < 4.78 is 1.18. The van der Waals surface area contributed by atoms with Crippen molar-refractivity contribution in [1.82, 2.24) is 14.2 Å². The fourth-order valence-electron chi connectivity index (χ4n) is 2.76. The Hall–Kier alpha value is -1.76. The van der Waals surface area contributed by atoms with Crippen molar-refractivity contribution in [3.8, 4) is 0 Å². The van der Waals surface area contributed by atoms with Gasteiger partial charge in [-0.25, -0.2) is 4.79 Å². The number of carbonyl (C=O) groups is 2. The average molecular weight is 323 g/mol. The van der Waals surface area contributed by atoms with E-state index in [2.05, 4.69) is 18.1 Å². The van der Waals surface area contributed by atoms with Crippen molar-refractivity contribution in [2.24, 2.45) is 5.41 Å². The van der Waals surface area contributed by atoms with Crippen LogP contribution in [0.1, 0.15) is 39.2 Å². The maximum Gasteiger partial charge on any atom is 0.324 e. The van der Waals surface area contributed by atoms with Gasteiger partial charge in [0.2, 0.25) is 5.91 Å². The van der Waals surface area contributed by atoms with E-state index in [1.165, 1.54) is 3.97 Å². The highest BCUT2D eigenvalue weighted by atomic mass is 32.1. The van der Waals surface area contributed by atoms with Crippen molar-refractivity contribution in [2.75, 3.05) is 0 Å². The van der Waals surface area contributed by atoms with Crippen LogP contribution in [0.5, 0.6) is 0 Å². The molecule has 22 heavy (non-hydrogen) atoms. The predicted octanol–water partition coefficient (Wildman–Crippen LogP) is 1.79. The molecule has 0 radical (unpaired) electrons. The minimum Gasteiger partial charge on any atom is -0.317 e. The number of nitrogens with one attached hydrogen (secondary N) is 1. The molecule has 1 saturated heterocycles. The smallest absolute Gasteiger partial charge is 0.317 e. The van der Waals surface area contributed by atoms with E-state index in [1.807, 2.05) is 20.8 Å². The van der Waals surface area contributed by atoms with Crippen LogP contribution in [-0.2, 0) is 11.3 Å². The minimum absolute atomic E-state index is 0.149. The molecule has 0 saturated carbocycles. The molecule has 2 heterocycles. The zero-order chi connectivity index (χ0) is 16.5. The monoisotopic (exact) mass is 323 g/mol. The predicted molar refractivity (Wildman–Crippen MR) is 86.6 cm³/mol. The van der Waals surface area contributed by atoms with Crippen molar-refractivity contribution in [3.05, 3.63) is 34.2 Å².